The summed E-state index contributed by atoms with van der Waals surface area (Å²) in [6, 6.07) is 0. The molecular weight excluding hydrogens is 482 g/mol. The number of rotatable bonds is 3. The highest BCUT2D eigenvalue weighted by Crippen LogP contribution is 2.67. The Bertz CT molecular complexity index is 953. The van der Waals surface area contributed by atoms with Crippen molar-refractivity contribution in [2.75, 3.05) is 0 Å². The van der Waals surface area contributed by atoms with Gasteiger partial charge in [-0.3, -0.25) is 4.79 Å². The average Bonchev–Trinajstić information content (AvgIpc) is 2.76. The fourth-order valence-corrected chi connectivity index (χ4v) is 6.90. The lowest BCUT2D eigenvalue weighted by Crippen LogP contribution is -2.86. The molecule has 3 rings (SSSR count). The van der Waals surface area contributed by atoms with Crippen LogP contribution in [-0.4, -0.2) is 68.3 Å². The van der Waals surface area contributed by atoms with E-state index in [-0.39, 0.29) is 12.8 Å². The summed E-state index contributed by atoms with van der Waals surface area (Å²) in [5, 5.41) is 35.2. The van der Waals surface area contributed by atoms with E-state index in [1.807, 2.05) is 13.8 Å². The van der Waals surface area contributed by atoms with Crippen molar-refractivity contribution >= 4 is 29.4 Å². The lowest BCUT2D eigenvalue weighted by Gasteiger charge is -2.71. The van der Waals surface area contributed by atoms with Crippen LogP contribution in [0, 0.1) is 16.7 Å². The van der Waals surface area contributed by atoms with Crippen LogP contribution < -0.4 is 5.48 Å². The van der Waals surface area contributed by atoms with E-state index in [0.717, 1.165) is 11.6 Å². The van der Waals surface area contributed by atoms with Crippen molar-refractivity contribution < 1.29 is 44.0 Å². The van der Waals surface area contributed by atoms with Gasteiger partial charge in [-0.15, -0.1) is 12.1 Å². The molecule has 0 radical (unpaired) electrons. The number of fused-ring (bicyclic) bond motifs is 3. The highest BCUT2D eigenvalue weighted by Gasteiger charge is 2.81. The summed E-state index contributed by atoms with van der Waals surface area (Å²) < 4.78 is 11.8. The van der Waals surface area contributed by atoms with Crippen molar-refractivity contribution in [3.8, 4) is 0 Å². The van der Waals surface area contributed by atoms with E-state index >= 15 is 0 Å². The lowest BCUT2D eigenvalue weighted by atomic mass is 9.40. The minimum absolute atomic E-state index is 0.241. The summed E-state index contributed by atoms with van der Waals surface area (Å²) in [4.78, 5) is 42.4. The zero-order chi connectivity index (χ0) is 26.6. The van der Waals surface area contributed by atoms with Gasteiger partial charge in [0.15, 0.2) is 17.5 Å². The minimum atomic E-state index is -2.35. The molecule has 2 aliphatic carbocycles. The van der Waals surface area contributed by atoms with Crippen molar-refractivity contribution in [2.45, 2.75) is 89.0 Å². The predicted octanol–water partition coefficient (Wildman–Crippen LogP) is 1.89. The monoisotopic (exact) mass is 515 g/mol. The van der Waals surface area contributed by atoms with Gasteiger partial charge in [0.2, 0.25) is 0 Å². The molecule has 8 atom stereocenters. The standard InChI is InChI=1S/C24H34ClNO9/c1-7-21(4)12-14(28)24(32)22(5)13(27)8-10-20(2,3)17(22)16(30)18(23(24,6)35-21)33-19(31)26-34-15(29)9-11-25/h7,9,11,13,16-18,27,30,32H,1,8,10,12H2,2-6H3,(H,26,31)/b11-9+/t13-,16-,17-,18-,21-,22-,23+,24-/m0/s1. The summed E-state index contributed by atoms with van der Waals surface area (Å²) >= 11 is 5.30. The molecule has 0 aromatic heterocycles. The van der Waals surface area contributed by atoms with Gasteiger partial charge in [-0.05, 0) is 32.1 Å². The van der Waals surface area contributed by atoms with Gasteiger partial charge >= 0.3 is 12.1 Å². The molecule has 11 heteroatoms. The number of aliphatic hydroxyl groups excluding tert-OH is 2. The fraction of sp³-hybridized carbons (Fsp3) is 0.708. The number of hydrogen-bond donors (Lipinski definition) is 4. The first-order chi connectivity index (χ1) is 16.0. The van der Waals surface area contributed by atoms with Crippen LogP contribution in [0.2, 0.25) is 0 Å². The summed E-state index contributed by atoms with van der Waals surface area (Å²) in [7, 11) is 0. The smallest absolute Gasteiger partial charge is 0.438 e. The highest BCUT2D eigenvalue weighted by atomic mass is 35.5. The van der Waals surface area contributed by atoms with E-state index in [1.165, 1.54) is 13.0 Å². The molecule has 1 amide bonds. The number of carbonyl (C=O) groups is 3. The van der Waals surface area contributed by atoms with Gasteiger partial charge in [0.1, 0.15) is 5.60 Å². The first kappa shape index (κ1) is 27.6. The van der Waals surface area contributed by atoms with Gasteiger partial charge in [-0.1, -0.05) is 38.4 Å². The third-order valence-corrected chi connectivity index (χ3v) is 8.52. The summed E-state index contributed by atoms with van der Waals surface area (Å²) in [6.45, 7) is 12.0. The molecule has 1 saturated heterocycles. The second-order valence-electron chi connectivity index (χ2n) is 11.0. The van der Waals surface area contributed by atoms with Crippen LogP contribution in [0.4, 0.5) is 4.79 Å². The molecule has 0 aromatic carbocycles. The molecule has 0 spiro atoms. The van der Waals surface area contributed by atoms with E-state index in [9.17, 15) is 29.7 Å². The Morgan fingerprint density at radius 1 is 1.23 bits per heavy atom. The number of aliphatic hydroxyl groups is 3. The quantitative estimate of drug-likeness (QED) is 0.251. The molecule has 1 aliphatic heterocycles. The third-order valence-electron chi connectivity index (χ3n) is 8.40. The number of Topliss-reactive ketones (excluding diaryl/α,β-unsaturated/α-hetero) is 1. The minimum Gasteiger partial charge on any atom is -0.438 e. The lowest BCUT2D eigenvalue weighted by molar-refractivity contribution is -0.369. The van der Waals surface area contributed by atoms with Crippen LogP contribution >= 0.6 is 11.6 Å². The molecule has 4 N–H and O–H groups in total. The molecule has 2 saturated carbocycles. The highest BCUT2D eigenvalue weighted by molar-refractivity contribution is 6.26. The maximum atomic E-state index is 13.8. The Balaban J connectivity index is 2.14. The molecule has 1 heterocycles. The van der Waals surface area contributed by atoms with Gasteiger partial charge in [0.05, 0.1) is 17.8 Å². The molecule has 3 aliphatic rings. The summed E-state index contributed by atoms with van der Waals surface area (Å²) in [6.07, 6.45) is -2.73. The molecule has 0 aromatic rings. The first-order valence-corrected chi connectivity index (χ1v) is 11.9. The Hall–Kier alpha value is -1.98. The molecule has 10 nitrogen and oxygen atoms in total. The van der Waals surface area contributed by atoms with Crippen molar-refractivity contribution in [3.05, 3.63) is 24.3 Å². The predicted molar refractivity (Wildman–Crippen MR) is 124 cm³/mol. The van der Waals surface area contributed by atoms with Gasteiger partial charge in [0, 0.05) is 29.4 Å². The Morgan fingerprint density at radius 2 is 1.86 bits per heavy atom. The van der Waals surface area contributed by atoms with Gasteiger partial charge < -0.3 is 29.6 Å². The molecule has 35 heavy (non-hydrogen) atoms. The second kappa shape index (κ2) is 8.85. The van der Waals surface area contributed by atoms with Crippen LogP contribution in [-0.2, 0) is 23.9 Å². The van der Waals surface area contributed by atoms with Gasteiger partial charge in [0.25, 0.3) is 0 Å². The Kier molecular flexibility index (Phi) is 6.98. The number of nitrogens with one attached hydrogen (secondary N) is 1. The van der Waals surface area contributed by atoms with Crippen LogP contribution in [0.1, 0.15) is 53.9 Å². The van der Waals surface area contributed by atoms with E-state index in [2.05, 4.69) is 11.4 Å². The topological polar surface area (TPSA) is 152 Å². The SMILES string of the molecule is C=C[C@@]1(C)CC(=O)[C@]2(O)[C@@]3(C)[C@@H](O)CCC(C)(C)[C@@H]3[C@H](O)[C@H](OC(=O)NOC(=O)/C=C/Cl)[C@@]2(C)O1. The largest absolute Gasteiger partial charge is 0.441 e. The number of halogens is 1. The number of carbonyl (C=O) groups excluding carboxylic acids is 3. The van der Waals surface area contributed by atoms with Crippen molar-refractivity contribution in [2.24, 2.45) is 16.7 Å². The molecule has 0 bridgehead atoms. The molecule has 0 unspecified atom stereocenters. The van der Waals surface area contributed by atoms with E-state index in [1.54, 1.807) is 19.3 Å². The summed E-state index contributed by atoms with van der Waals surface area (Å²) in [5.74, 6) is -2.49. The van der Waals surface area contributed by atoms with Gasteiger partial charge in [-0.2, -0.15) is 0 Å². The number of hydroxylamine groups is 1. The zero-order valence-electron chi connectivity index (χ0n) is 20.5. The Morgan fingerprint density at radius 3 is 2.43 bits per heavy atom. The maximum absolute atomic E-state index is 13.8. The Labute approximate surface area is 209 Å². The van der Waals surface area contributed by atoms with Crippen molar-refractivity contribution in [1.82, 2.24) is 5.48 Å². The van der Waals surface area contributed by atoms with E-state index in [0.29, 0.717) is 6.42 Å². The normalized spacial score (nSPS) is 44.7. The number of hydrogen-bond acceptors (Lipinski definition) is 9. The summed E-state index contributed by atoms with van der Waals surface area (Å²) in [5.41, 5.74) is -5.16. The number of ether oxygens (including phenoxy) is 2. The first-order valence-electron chi connectivity index (χ1n) is 11.4. The third kappa shape index (κ3) is 3.90. The molecule has 3 fully saturated rings. The van der Waals surface area contributed by atoms with Crippen LogP contribution in [0.3, 0.4) is 0 Å². The fourth-order valence-electron chi connectivity index (χ4n) is 6.80. The zero-order valence-corrected chi connectivity index (χ0v) is 21.3. The van der Waals surface area contributed by atoms with E-state index in [4.69, 9.17) is 21.1 Å². The van der Waals surface area contributed by atoms with Gasteiger partial charge in [-0.25, -0.2) is 9.59 Å². The molecule has 196 valence electrons. The average molecular weight is 516 g/mol. The van der Waals surface area contributed by atoms with Crippen LogP contribution in [0.15, 0.2) is 24.3 Å². The van der Waals surface area contributed by atoms with Crippen molar-refractivity contribution in [3.63, 3.8) is 0 Å². The van der Waals surface area contributed by atoms with Crippen molar-refractivity contribution in [1.29, 1.82) is 0 Å². The number of amides is 1. The second-order valence-corrected chi connectivity index (χ2v) is 11.2. The maximum Gasteiger partial charge on any atom is 0.441 e. The number of ketones is 1. The molecular formula is C24H34ClNO9. The van der Waals surface area contributed by atoms with Crippen LogP contribution in [0.25, 0.3) is 0 Å². The van der Waals surface area contributed by atoms with Crippen LogP contribution in [0.5, 0.6) is 0 Å². The van der Waals surface area contributed by atoms with E-state index < -0.39 is 69.7 Å².